The first kappa shape index (κ1) is 15.7. The average molecular weight is 414 g/mol. The van der Waals surface area contributed by atoms with Crippen molar-refractivity contribution in [1.82, 2.24) is 5.32 Å². The normalized spacial score (nSPS) is 22.2. The zero-order valence-corrected chi connectivity index (χ0v) is 14.6. The lowest BCUT2D eigenvalue weighted by Gasteiger charge is -2.34. The van der Waals surface area contributed by atoms with Gasteiger partial charge in [-0.2, -0.15) is 0 Å². The molecule has 5 heteroatoms. The van der Waals surface area contributed by atoms with Gasteiger partial charge in [0.25, 0.3) is 0 Å². The van der Waals surface area contributed by atoms with Gasteiger partial charge in [0.05, 0.1) is 5.02 Å². The van der Waals surface area contributed by atoms with E-state index in [-0.39, 0.29) is 3.61 Å². The summed E-state index contributed by atoms with van der Waals surface area (Å²) in [5, 5.41) is 4.62. The van der Waals surface area contributed by atoms with Crippen LogP contribution in [0.25, 0.3) is 0 Å². The highest BCUT2D eigenvalue weighted by atomic mass is 127. The summed E-state index contributed by atoms with van der Waals surface area (Å²) in [5.41, 5.74) is 0. The fourth-order valence-corrected chi connectivity index (χ4v) is 4.20. The maximum atomic E-state index is 6.27. The van der Waals surface area contributed by atoms with Crippen LogP contribution >= 0.6 is 45.8 Å². The summed E-state index contributed by atoms with van der Waals surface area (Å²) in [6.07, 6.45) is 3.25. The van der Waals surface area contributed by atoms with Gasteiger partial charge in [0.15, 0.2) is 3.61 Å². The fourth-order valence-electron chi connectivity index (χ4n) is 2.44. The predicted octanol–water partition coefficient (Wildman–Crippen LogP) is 4.91. The van der Waals surface area contributed by atoms with E-state index in [1.807, 2.05) is 12.1 Å². The van der Waals surface area contributed by atoms with E-state index >= 15 is 0 Å². The Kier molecular flexibility index (Phi) is 5.64. The van der Waals surface area contributed by atoms with E-state index in [0.29, 0.717) is 16.0 Å². The molecule has 1 saturated heterocycles. The fraction of sp³-hybridized carbons (Fsp3) is 0.571. The molecule has 1 heterocycles. The molecule has 1 aromatic carbocycles. The topological polar surface area (TPSA) is 21.3 Å². The monoisotopic (exact) mass is 413 g/mol. The zero-order chi connectivity index (χ0) is 13.9. The number of nitrogens with one attached hydrogen (secondary N) is 1. The van der Waals surface area contributed by atoms with Crippen LogP contribution in [0.1, 0.15) is 26.2 Å². The first-order valence-electron chi connectivity index (χ1n) is 6.59. The van der Waals surface area contributed by atoms with Crippen molar-refractivity contribution in [3.05, 3.63) is 28.2 Å². The molecule has 0 radical (unpaired) electrons. The molecule has 1 fully saturated rings. The third-order valence-electron chi connectivity index (χ3n) is 3.43. The van der Waals surface area contributed by atoms with Crippen LogP contribution in [0.2, 0.25) is 10.0 Å². The van der Waals surface area contributed by atoms with Crippen LogP contribution < -0.4 is 10.1 Å². The lowest BCUT2D eigenvalue weighted by atomic mass is 9.97. The molecule has 0 spiro atoms. The number of rotatable bonds is 5. The SMILES string of the molecule is CCC[C@@](I)(Oc1ccc(Cl)cc1Cl)C1CCNC1. The minimum atomic E-state index is -0.201. The number of halogens is 3. The minimum absolute atomic E-state index is 0.201. The molecule has 0 aliphatic carbocycles. The number of benzene rings is 1. The van der Waals surface area contributed by atoms with E-state index in [2.05, 4.69) is 34.8 Å². The van der Waals surface area contributed by atoms with Crippen molar-refractivity contribution in [3.63, 3.8) is 0 Å². The third kappa shape index (κ3) is 3.90. The van der Waals surface area contributed by atoms with Crippen LogP contribution in [0, 0.1) is 5.92 Å². The van der Waals surface area contributed by atoms with Gasteiger partial charge in [-0.1, -0.05) is 36.5 Å². The van der Waals surface area contributed by atoms with E-state index in [0.717, 1.165) is 38.1 Å². The maximum Gasteiger partial charge on any atom is 0.163 e. The van der Waals surface area contributed by atoms with Crippen LogP contribution in [0.5, 0.6) is 5.75 Å². The summed E-state index contributed by atoms with van der Waals surface area (Å²) in [7, 11) is 0. The Bertz CT molecular complexity index is 437. The Morgan fingerprint density at radius 1 is 1.47 bits per heavy atom. The molecule has 0 amide bonds. The lowest BCUT2D eigenvalue weighted by molar-refractivity contribution is 0.115. The predicted molar refractivity (Wildman–Crippen MR) is 89.7 cm³/mol. The zero-order valence-electron chi connectivity index (χ0n) is 10.9. The molecular weight excluding hydrogens is 396 g/mol. The summed E-state index contributed by atoms with van der Waals surface area (Å²) in [6.45, 7) is 4.26. The van der Waals surface area contributed by atoms with Crippen LogP contribution in [-0.4, -0.2) is 16.7 Å². The van der Waals surface area contributed by atoms with E-state index in [1.54, 1.807) is 6.07 Å². The summed E-state index contributed by atoms with van der Waals surface area (Å²) in [5.74, 6) is 1.24. The molecule has 19 heavy (non-hydrogen) atoms. The second-order valence-corrected chi connectivity index (χ2v) is 7.57. The van der Waals surface area contributed by atoms with Crippen LogP contribution in [0.4, 0.5) is 0 Å². The van der Waals surface area contributed by atoms with Crippen LogP contribution in [0.15, 0.2) is 18.2 Å². The Balaban J connectivity index is 2.19. The van der Waals surface area contributed by atoms with Gasteiger partial charge in [-0.25, -0.2) is 0 Å². The van der Waals surface area contributed by atoms with Crippen molar-refractivity contribution in [2.24, 2.45) is 5.92 Å². The van der Waals surface area contributed by atoms with Gasteiger partial charge in [0.2, 0.25) is 0 Å². The van der Waals surface area contributed by atoms with Crippen LogP contribution in [-0.2, 0) is 0 Å². The van der Waals surface area contributed by atoms with Gasteiger partial charge >= 0.3 is 0 Å². The highest BCUT2D eigenvalue weighted by Gasteiger charge is 2.39. The minimum Gasteiger partial charge on any atom is -0.475 e. The molecule has 0 bridgehead atoms. The number of hydrogen-bond donors (Lipinski definition) is 1. The van der Waals surface area contributed by atoms with Crippen molar-refractivity contribution < 1.29 is 4.74 Å². The second kappa shape index (κ2) is 6.83. The van der Waals surface area contributed by atoms with Gasteiger partial charge in [-0.05, 0) is 60.2 Å². The largest absolute Gasteiger partial charge is 0.475 e. The van der Waals surface area contributed by atoms with Gasteiger partial charge in [0, 0.05) is 17.5 Å². The van der Waals surface area contributed by atoms with E-state index in [1.165, 1.54) is 0 Å². The Labute approximate surface area is 138 Å². The number of ether oxygens (including phenoxy) is 1. The van der Waals surface area contributed by atoms with Crippen molar-refractivity contribution >= 4 is 45.8 Å². The molecule has 2 atom stereocenters. The van der Waals surface area contributed by atoms with E-state index in [9.17, 15) is 0 Å². The summed E-state index contributed by atoms with van der Waals surface area (Å²) >= 11 is 14.6. The third-order valence-corrected chi connectivity index (χ3v) is 5.61. The molecule has 1 unspecified atom stereocenters. The maximum absolute atomic E-state index is 6.27. The number of alkyl halides is 1. The van der Waals surface area contributed by atoms with Gasteiger partial charge in [-0.15, -0.1) is 0 Å². The van der Waals surface area contributed by atoms with Crippen molar-refractivity contribution in [1.29, 1.82) is 0 Å². The molecule has 1 aliphatic heterocycles. The lowest BCUT2D eigenvalue weighted by Crippen LogP contribution is -2.38. The van der Waals surface area contributed by atoms with Crippen molar-refractivity contribution in [2.45, 2.75) is 29.8 Å². The van der Waals surface area contributed by atoms with Gasteiger partial charge < -0.3 is 10.1 Å². The van der Waals surface area contributed by atoms with E-state index < -0.39 is 0 Å². The quantitative estimate of drug-likeness (QED) is 0.546. The second-order valence-electron chi connectivity index (χ2n) is 4.90. The smallest absolute Gasteiger partial charge is 0.163 e. The highest BCUT2D eigenvalue weighted by Crippen LogP contribution is 2.41. The molecule has 1 aromatic rings. The average Bonchev–Trinajstić information content (AvgIpc) is 2.87. The first-order chi connectivity index (χ1) is 9.05. The standard InChI is InChI=1S/C14H18Cl2INO/c1-2-6-14(17,10-5-7-18-9-10)19-13-4-3-11(15)8-12(13)16/h3-4,8,10,18H,2,5-7,9H2,1H3/t10?,14-/m1/s1. The molecule has 106 valence electrons. The first-order valence-corrected chi connectivity index (χ1v) is 8.42. The highest BCUT2D eigenvalue weighted by molar-refractivity contribution is 14.1. The summed E-state index contributed by atoms with van der Waals surface area (Å²) < 4.78 is 6.07. The summed E-state index contributed by atoms with van der Waals surface area (Å²) in [4.78, 5) is 0. The van der Waals surface area contributed by atoms with Crippen LogP contribution in [0.3, 0.4) is 0 Å². The molecule has 1 aliphatic rings. The van der Waals surface area contributed by atoms with Gasteiger partial charge in [0.1, 0.15) is 5.75 Å². The Morgan fingerprint density at radius 2 is 2.26 bits per heavy atom. The molecule has 2 rings (SSSR count). The number of hydrogen-bond acceptors (Lipinski definition) is 2. The molecule has 2 nitrogen and oxygen atoms in total. The Hall–Kier alpha value is 0.290. The Morgan fingerprint density at radius 3 is 2.84 bits per heavy atom. The molecule has 0 saturated carbocycles. The molecule has 1 N–H and O–H groups in total. The molecular formula is C14H18Cl2INO. The van der Waals surface area contributed by atoms with Gasteiger partial charge in [-0.3, -0.25) is 0 Å². The summed E-state index contributed by atoms with van der Waals surface area (Å²) in [6, 6.07) is 5.41. The van der Waals surface area contributed by atoms with Crippen molar-refractivity contribution in [2.75, 3.05) is 13.1 Å². The van der Waals surface area contributed by atoms with Crippen molar-refractivity contribution in [3.8, 4) is 5.75 Å². The molecule has 0 aromatic heterocycles. The van der Waals surface area contributed by atoms with E-state index in [4.69, 9.17) is 27.9 Å².